The number of benzene rings is 3. The van der Waals surface area contributed by atoms with Gasteiger partial charge in [-0.3, -0.25) is 9.10 Å². The number of hydrogen-bond acceptors (Lipinski definition) is 5. The number of para-hydroxylation sites is 1. The maximum Gasteiger partial charge on any atom is 0.258 e. The summed E-state index contributed by atoms with van der Waals surface area (Å²) in [6.07, 6.45) is 1.16. The van der Waals surface area contributed by atoms with Gasteiger partial charge in [0.1, 0.15) is 0 Å². The molecule has 3 aromatic rings. The molecule has 1 aliphatic heterocycles. The summed E-state index contributed by atoms with van der Waals surface area (Å²) >= 11 is 0. The number of carbonyl (C=O) groups is 1. The minimum absolute atomic E-state index is 0.180. The van der Waals surface area contributed by atoms with Crippen LogP contribution in [0.2, 0.25) is 0 Å². The molecule has 0 aliphatic carbocycles. The van der Waals surface area contributed by atoms with Crippen molar-refractivity contribution in [3.05, 3.63) is 90.0 Å². The van der Waals surface area contributed by atoms with Crippen molar-refractivity contribution in [3.8, 4) is 0 Å². The number of hydrogen-bond donors (Lipinski definition) is 3. The first-order chi connectivity index (χ1) is 15.4. The molecule has 0 spiro atoms. The number of anilines is 3. The van der Waals surface area contributed by atoms with Crippen LogP contribution in [0.3, 0.4) is 0 Å². The predicted octanol–water partition coefficient (Wildman–Crippen LogP) is 3.34. The molecule has 0 unspecified atom stereocenters. The molecular formula is C24H24N4O3S. The molecule has 1 aliphatic rings. The average molecular weight is 449 g/mol. The molecule has 0 saturated heterocycles. The number of fused-ring (bicyclic) bond motifs is 1. The van der Waals surface area contributed by atoms with Gasteiger partial charge >= 0.3 is 0 Å². The van der Waals surface area contributed by atoms with Gasteiger partial charge in [-0.2, -0.15) is 0 Å². The number of nitrogens with zero attached hydrogens (tertiary/aromatic N) is 1. The van der Waals surface area contributed by atoms with E-state index in [9.17, 15) is 13.2 Å². The topological polar surface area (TPSA) is 105 Å². The quantitative estimate of drug-likeness (QED) is 0.481. The molecule has 1 heterocycles. The first-order valence-electron chi connectivity index (χ1n) is 10.1. The Balaban J connectivity index is 1.75. The van der Waals surface area contributed by atoms with Crippen LogP contribution in [-0.2, 0) is 14.8 Å². The van der Waals surface area contributed by atoms with Crippen molar-refractivity contribution >= 4 is 44.3 Å². The fourth-order valence-electron chi connectivity index (χ4n) is 3.71. The van der Waals surface area contributed by atoms with Gasteiger partial charge in [0.25, 0.3) is 5.91 Å². The zero-order valence-electron chi connectivity index (χ0n) is 17.6. The Morgan fingerprint density at radius 3 is 2.28 bits per heavy atom. The maximum absolute atomic E-state index is 12.9. The largest absolute Gasteiger partial charge is 0.354 e. The summed E-state index contributed by atoms with van der Waals surface area (Å²) in [7, 11) is -3.44. The summed E-state index contributed by atoms with van der Waals surface area (Å²) < 4.78 is 25.5. The van der Waals surface area contributed by atoms with Crippen molar-refractivity contribution in [2.45, 2.75) is 0 Å². The Morgan fingerprint density at radius 1 is 0.969 bits per heavy atom. The normalized spacial score (nSPS) is 14.5. The van der Waals surface area contributed by atoms with E-state index < -0.39 is 10.0 Å². The third-order valence-corrected chi connectivity index (χ3v) is 6.34. The van der Waals surface area contributed by atoms with E-state index >= 15 is 0 Å². The number of rotatable bonds is 7. The number of amides is 1. The molecule has 4 rings (SSSR count). The van der Waals surface area contributed by atoms with Crippen LogP contribution in [0.1, 0.15) is 11.1 Å². The van der Waals surface area contributed by atoms with Crippen LogP contribution in [0, 0.1) is 0 Å². The van der Waals surface area contributed by atoms with Gasteiger partial charge < -0.3 is 16.4 Å². The fraction of sp³-hybridized carbons (Fsp3) is 0.125. The smallest absolute Gasteiger partial charge is 0.258 e. The lowest BCUT2D eigenvalue weighted by molar-refractivity contribution is -0.110. The van der Waals surface area contributed by atoms with Crippen molar-refractivity contribution < 1.29 is 13.2 Å². The van der Waals surface area contributed by atoms with Crippen molar-refractivity contribution in [3.63, 3.8) is 0 Å². The number of carbonyl (C=O) groups excluding carboxylic acids is 1. The first-order valence-corrected chi connectivity index (χ1v) is 12.0. The molecule has 1 amide bonds. The highest BCUT2D eigenvalue weighted by molar-refractivity contribution is 7.92. The highest BCUT2D eigenvalue weighted by atomic mass is 32.2. The Bertz CT molecular complexity index is 1270. The summed E-state index contributed by atoms with van der Waals surface area (Å²) in [5, 5.41) is 6.29. The van der Waals surface area contributed by atoms with Crippen LogP contribution in [0.4, 0.5) is 17.1 Å². The lowest BCUT2D eigenvalue weighted by Gasteiger charge is -2.22. The van der Waals surface area contributed by atoms with Gasteiger partial charge in [0, 0.05) is 30.0 Å². The van der Waals surface area contributed by atoms with Crippen molar-refractivity contribution in [1.82, 2.24) is 0 Å². The van der Waals surface area contributed by atoms with Gasteiger partial charge in [0.15, 0.2) is 0 Å². The second kappa shape index (κ2) is 8.86. The van der Waals surface area contributed by atoms with Gasteiger partial charge in [-0.05, 0) is 35.9 Å². The average Bonchev–Trinajstić information content (AvgIpc) is 3.12. The zero-order valence-corrected chi connectivity index (χ0v) is 18.4. The monoisotopic (exact) mass is 448 g/mol. The van der Waals surface area contributed by atoms with Gasteiger partial charge in [-0.1, -0.05) is 48.5 Å². The molecule has 164 valence electrons. The third kappa shape index (κ3) is 4.37. The first kappa shape index (κ1) is 21.6. The number of sulfonamides is 1. The van der Waals surface area contributed by atoms with Crippen LogP contribution in [0.15, 0.2) is 78.9 Å². The maximum atomic E-state index is 12.9. The molecule has 4 N–H and O–H groups in total. The van der Waals surface area contributed by atoms with E-state index in [1.54, 1.807) is 24.3 Å². The lowest BCUT2D eigenvalue weighted by atomic mass is 10.00. The van der Waals surface area contributed by atoms with Gasteiger partial charge in [0.05, 0.1) is 23.2 Å². The molecule has 0 fully saturated rings. The Labute approximate surface area is 187 Å². The van der Waals surface area contributed by atoms with E-state index in [1.165, 1.54) is 4.31 Å². The molecular weight excluding hydrogens is 424 g/mol. The second-order valence-corrected chi connectivity index (χ2v) is 9.32. The van der Waals surface area contributed by atoms with Gasteiger partial charge in [-0.25, -0.2) is 8.42 Å². The number of nitrogens with one attached hydrogen (secondary N) is 2. The fourth-order valence-corrected chi connectivity index (χ4v) is 4.65. The van der Waals surface area contributed by atoms with Crippen LogP contribution in [0.5, 0.6) is 0 Å². The third-order valence-electron chi connectivity index (χ3n) is 5.14. The van der Waals surface area contributed by atoms with Crippen LogP contribution < -0.4 is 20.7 Å². The molecule has 0 aromatic heterocycles. The Morgan fingerprint density at radius 2 is 1.62 bits per heavy atom. The van der Waals surface area contributed by atoms with Crippen LogP contribution >= 0.6 is 0 Å². The Kier molecular flexibility index (Phi) is 5.98. The summed E-state index contributed by atoms with van der Waals surface area (Å²) in [6, 6.07) is 24.2. The van der Waals surface area contributed by atoms with E-state index in [0.717, 1.165) is 28.8 Å². The molecule has 8 heteroatoms. The van der Waals surface area contributed by atoms with Crippen molar-refractivity contribution in [2.24, 2.45) is 5.73 Å². The van der Waals surface area contributed by atoms with Gasteiger partial charge in [-0.15, -0.1) is 0 Å². The molecule has 3 aromatic carbocycles. The van der Waals surface area contributed by atoms with E-state index in [4.69, 9.17) is 5.73 Å². The molecule has 0 saturated carbocycles. The molecule has 0 radical (unpaired) electrons. The summed E-state index contributed by atoms with van der Waals surface area (Å²) in [4.78, 5) is 12.9. The highest BCUT2D eigenvalue weighted by Gasteiger charge is 2.28. The van der Waals surface area contributed by atoms with Crippen LogP contribution in [0.25, 0.3) is 11.3 Å². The summed E-state index contributed by atoms with van der Waals surface area (Å²) in [6.45, 7) is 0.410. The zero-order chi connectivity index (χ0) is 22.7. The molecule has 0 bridgehead atoms. The SMILES string of the molecule is CS(=O)(=O)N(CCN)c1ccc(N/C(=C2\C(=O)Nc3ccccc32)c2ccccc2)cc1. The number of nitrogens with two attached hydrogens (primary N) is 1. The molecule has 32 heavy (non-hydrogen) atoms. The molecule has 0 atom stereocenters. The summed E-state index contributed by atoms with van der Waals surface area (Å²) in [5.74, 6) is -0.180. The minimum atomic E-state index is -3.44. The van der Waals surface area contributed by atoms with E-state index in [1.807, 2.05) is 54.6 Å². The highest BCUT2D eigenvalue weighted by Crippen LogP contribution is 2.37. The standard InChI is InChI=1S/C24H24N4O3S/c1-32(30,31)28(16-15-25)19-13-11-18(12-14-19)26-23(17-7-3-2-4-8-17)22-20-9-5-6-10-21(20)27-24(22)29/h2-14,26H,15-16,25H2,1H3,(H,27,29)/b23-22-. The lowest BCUT2D eigenvalue weighted by Crippen LogP contribution is -2.34. The van der Waals surface area contributed by atoms with E-state index in [2.05, 4.69) is 10.6 Å². The van der Waals surface area contributed by atoms with E-state index in [-0.39, 0.29) is 19.0 Å². The Hall–Kier alpha value is -3.62. The molecule has 7 nitrogen and oxygen atoms in total. The van der Waals surface area contributed by atoms with Crippen LogP contribution in [-0.4, -0.2) is 33.7 Å². The van der Waals surface area contributed by atoms with Gasteiger partial charge in [0.2, 0.25) is 10.0 Å². The minimum Gasteiger partial charge on any atom is -0.354 e. The summed E-state index contributed by atoms with van der Waals surface area (Å²) in [5.41, 5.74) is 10.5. The van der Waals surface area contributed by atoms with Crippen molar-refractivity contribution in [1.29, 1.82) is 0 Å². The van der Waals surface area contributed by atoms with E-state index in [0.29, 0.717) is 17.0 Å². The predicted molar refractivity (Wildman–Crippen MR) is 130 cm³/mol. The second-order valence-electron chi connectivity index (χ2n) is 7.41. The van der Waals surface area contributed by atoms with Crippen molar-refractivity contribution in [2.75, 3.05) is 34.3 Å².